The minimum atomic E-state index is 0.170. The topological polar surface area (TPSA) is 20.2 Å². The van der Waals surface area contributed by atoms with Crippen molar-refractivity contribution in [2.45, 2.75) is 26.2 Å². The van der Waals surface area contributed by atoms with E-state index in [1.54, 1.807) is 0 Å². The van der Waals surface area contributed by atoms with Gasteiger partial charge in [-0.3, -0.25) is 0 Å². The molecular formula is C8H12OS. The molecule has 10 heavy (non-hydrogen) atoms. The van der Waals surface area contributed by atoms with Crippen molar-refractivity contribution in [2.24, 2.45) is 5.92 Å². The summed E-state index contributed by atoms with van der Waals surface area (Å²) >= 11 is 4.99. The van der Waals surface area contributed by atoms with Crippen LogP contribution in [0.3, 0.4) is 0 Å². The van der Waals surface area contributed by atoms with Crippen molar-refractivity contribution in [3.05, 3.63) is 11.8 Å². The molecule has 0 amide bonds. The number of allylic oxidation sites excluding steroid dienone is 2. The number of thiocarbonyl (C=S) groups is 1. The Hall–Kier alpha value is -0.370. The Morgan fingerprint density at radius 2 is 2.50 bits per heavy atom. The molecule has 1 aliphatic rings. The molecule has 0 aromatic rings. The van der Waals surface area contributed by atoms with Gasteiger partial charge in [-0.25, -0.2) is 0 Å². The Balaban J connectivity index is 2.67. The third kappa shape index (κ3) is 1.57. The fraction of sp³-hybridized carbons (Fsp3) is 0.625. The highest BCUT2D eigenvalue weighted by Gasteiger charge is 2.17. The Morgan fingerprint density at radius 1 is 1.80 bits per heavy atom. The molecule has 0 spiro atoms. The molecule has 0 aromatic carbocycles. The lowest BCUT2D eigenvalue weighted by Gasteiger charge is -2.18. The van der Waals surface area contributed by atoms with Gasteiger partial charge in [0.25, 0.3) is 0 Å². The van der Waals surface area contributed by atoms with Crippen molar-refractivity contribution in [2.75, 3.05) is 0 Å². The van der Waals surface area contributed by atoms with Gasteiger partial charge in [0.05, 0.1) is 5.76 Å². The van der Waals surface area contributed by atoms with Crippen LogP contribution in [0.4, 0.5) is 0 Å². The van der Waals surface area contributed by atoms with Crippen LogP contribution in [0.2, 0.25) is 0 Å². The molecule has 0 aromatic heterocycles. The molecule has 1 N–H and O–H groups in total. The molecule has 0 aliphatic heterocycles. The predicted molar refractivity (Wildman–Crippen MR) is 46.3 cm³/mol. The second-order valence-corrected chi connectivity index (χ2v) is 3.37. The lowest BCUT2D eigenvalue weighted by atomic mass is 9.92. The Labute approximate surface area is 66.8 Å². The molecule has 0 heterocycles. The second kappa shape index (κ2) is 3.15. The largest absolute Gasteiger partial charge is 0.512 e. The van der Waals surface area contributed by atoms with Crippen LogP contribution in [0.25, 0.3) is 0 Å². The molecule has 1 atom stereocenters. The van der Waals surface area contributed by atoms with Gasteiger partial charge in [0, 0.05) is 10.8 Å². The van der Waals surface area contributed by atoms with E-state index in [2.05, 4.69) is 0 Å². The number of rotatable bonds is 1. The zero-order valence-corrected chi connectivity index (χ0v) is 6.95. The Bertz CT molecular complexity index is 172. The number of aliphatic hydroxyl groups is 1. The van der Waals surface area contributed by atoms with Gasteiger partial charge in [-0.2, -0.15) is 0 Å². The minimum absolute atomic E-state index is 0.170. The molecule has 0 radical (unpaired) electrons. The van der Waals surface area contributed by atoms with Crippen molar-refractivity contribution >= 4 is 17.1 Å². The average Bonchev–Trinajstić information content (AvgIpc) is 1.88. The van der Waals surface area contributed by atoms with Crippen LogP contribution >= 0.6 is 12.2 Å². The first-order chi connectivity index (χ1) is 4.72. The first-order valence-corrected chi connectivity index (χ1v) is 4.02. The average molecular weight is 156 g/mol. The van der Waals surface area contributed by atoms with Crippen LogP contribution in [-0.4, -0.2) is 9.97 Å². The first-order valence-electron chi connectivity index (χ1n) is 3.61. The molecule has 0 fully saturated rings. The molecule has 1 nitrogen and oxygen atoms in total. The van der Waals surface area contributed by atoms with Gasteiger partial charge in [0.1, 0.15) is 0 Å². The molecule has 1 rings (SSSR count). The standard InChI is InChI=1S/C8H12OS/c1-6(10)7-4-2-3-5-8(7)9/h5,7,9H,2-4H2,1H3/t7-/m1/s1. The maximum absolute atomic E-state index is 9.31. The third-order valence-electron chi connectivity index (χ3n) is 1.90. The van der Waals surface area contributed by atoms with E-state index in [-0.39, 0.29) is 5.92 Å². The molecular weight excluding hydrogens is 144 g/mol. The molecule has 0 saturated carbocycles. The van der Waals surface area contributed by atoms with E-state index in [0.717, 1.165) is 24.1 Å². The summed E-state index contributed by atoms with van der Waals surface area (Å²) in [6.07, 6.45) is 5.06. The van der Waals surface area contributed by atoms with Crippen molar-refractivity contribution in [3.8, 4) is 0 Å². The smallest absolute Gasteiger partial charge is 0.0962 e. The van der Waals surface area contributed by atoms with Gasteiger partial charge < -0.3 is 5.11 Å². The molecule has 0 saturated heterocycles. The predicted octanol–water partition coefficient (Wildman–Crippen LogP) is 2.62. The second-order valence-electron chi connectivity index (χ2n) is 2.72. The maximum Gasteiger partial charge on any atom is 0.0962 e. The highest BCUT2D eigenvalue weighted by molar-refractivity contribution is 7.80. The monoisotopic (exact) mass is 156 g/mol. The third-order valence-corrected chi connectivity index (χ3v) is 2.18. The van der Waals surface area contributed by atoms with Gasteiger partial charge in [0.2, 0.25) is 0 Å². The summed E-state index contributed by atoms with van der Waals surface area (Å²) in [5.41, 5.74) is 0. The number of hydrogen-bond acceptors (Lipinski definition) is 2. The van der Waals surface area contributed by atoms with Gasteiger partial charge in [-0.05, 0) is 32.3 Å². The van der Waals surface area contributed by atoms with E-state index in [4.69, 9.17) is 12.2 Å². The summed E-state index contributed by atoms with van der Waals surface area (Å²) in [7, 11) is 0. The first kappa shape index (κ1) is 7.73. The van der Waals surface area contributed by atoms with Crippen LogP contribution in [0, 0.1) is 5.92 Å². The highest BCUT2D eigenvalue weighted by Crippen LogP contribution is 2.23. The van der Waals surface area contributed by atoms with E-state index < -0.39 is 0 Å². The molecule has 0 unspecified atom stereocenters. The lowest BCUT2D eigenvalue weighted by molar-refractivity contribution is 0.340. The van der Waals surface area contributed by atoms with Crippen LogP contribution in [0.1, 0.15) is 26.2 Å². The van der Waals surface area contributed by atoms with E-state index in [9.17, 15) is 5.11 Å². The van der Waals surface area contributed by atoms with E-state index in [0.29, 0.717) is 5.76 Å². The molecule has 0 bridgehead atoms. The van der Waals surface area contributed by atoms with Gasteiger partial charge >= 0.3 is 0 Å². The quantitative estimate of drug-likeness (QED) is 0.589. The van der Waals surface area contributed by atoms with E-state index in [1.807, 2.05) is 13.0 Å². The van der Waals surface area contributed by atoms with Crippen molar-refractivity contribution in [3.63, 3.8) is 0 Å². The van der Waals surface area contributed by atoms with Gasteiger partial charge in [-0.15, -0.1) is 0 Å². The molecule has 1 aliphatic carbocycles. The Kier molecular flexibility index (Phi) is 2.44. The summed E-state index contributed by atoms with van der Waals surface area (Å²) in [6.45, 7) is 1.90. The number of hydrogen-bond donors (Lipinski definition) is 1. The summed E-state index contributed by atoms with van der Waals surface area (Å²) in [5, 5.41) is 9.31. The van der Waals surface area contributed by atoms with Gasteiger partial charge in [-0.1, -0.05) is 12.2 Å². The summed E-state index contributed by atoms with van der Waals surface area (Å²) < 4.78 is 0. The summed E-state index contributed by atoms with van der Waals surface area (Å²) in [4.78, 5) is 0.911. The molecule has 56 valence electrons. The Morgan fingerprint density at radius 3 is 2.90 bits per heavy atom. The van der Waals surface area contributed by atoms with Crippen LogP contribution in [0.15, 0.2) is 11.8 Å². The van der Waals surface area contributed by atoms with Crippen molar-refractivity contribution in [1.82, 2.24) is 0 Å². The zero-order valence-electron chi connectivity index (χ0n) is 6.13. The van der Waals surface area contributed by atoms with E-state index >= 15 is 0 Å². The molecule has 2 heteroatoms. The number of aliphatic hydroxyl groups excluding tert-OH is 1. The van der Waals surface area contributed by atoms with Crippen LogP contribution in [0.5, 0.6) is 0 Å². The van der Waals surface area contributed by atoms with Crippen molar-refractivity contribution < 1.29 is 5.11 Å². The van der Waals surface area contributed by atoms with Crippen molar-refractivity contribution in [1.29, 1.82) is 0 Å². The van der Waals surface area contributed by atoms with Gasteiger partial charge in [0.15, 0.2) is 0 Å². The fourth-order valence-corrected chi connectivity index (χ4v) is 1.51. The van der Waals surface area contributed by atoms with Crippen LogP contribution < -0.4 is 0 Å². The SMILES string of the molecule is CC(=S)[C@H]1CCCC=C1O. The fourth-order valence-electron chi connectivity index (χ4n) is 1.27. The normalized spacial score (nSPS) is 25.7. The highest BCUT2D eigenvalue weighted by atomic mass is 32.1. The minimum Gasteiger partial charge on any atom is -0.512 e. The lowest BCUT2D eigenvalue weighted by Crippen LogP contribution is -2.14. The van der Waals surface area contributed by atoms with Crippen LogP contribution in [-0.2, 0) is 0 Å². The van der Waals surface area contributed by atoms with E-state index in [1.165, 1.54) is 0 Å². The zero-order chi connectivity index (χ0) is 7.56. The summed E-state index contributed by atoms with van der Waals surface area (Å²) in [5.74, 6) is 0.655. The summed E-state index contributed by atoms with van der Waals surface area (Å²) in [6, 6.07) is 0. The maximum atomic E-state index is 9.31.